The van der Waals surface area contributed by atoms with Crippen molar-refractivity contribution in [3.63, 3.8) is 0 Å². The Morgan fingerprint density at radius 3 is 2.49 bits per heavy atom. The Labute approximate surface area is 215 Å². The third-order valence-electron chi connectivity index (χ3n) is 6.31. The molecule has 1 amide bonds. The third-order valence-corrected chi connectivity index (χ3v) is 6.31. The van der Waals surface area contributed by atoms with Crippen molar-refractivity contribution >= 4 is 11.6 Å². The van der Waals surface area contributed by atoms with Gasteiger partial charge in [0, 0.05) is 29.9 Å². The average Bonchev–Trinajstić information content (AvgIpc) is 3.46. The summed E-state index contributed by atoms with van der Waals surface area (Å²) in [6.07, 6.45) is -2.22. The zero-order valence-electron chi connectivity index (χ0n) is 21.6. The van der Waals surface area contributed by atoms with Gasteiger partial charge in [-0.2, -0.15) is 18.3 Å². The van der Waals surface area contributed by atoms with Crippen LogP contribution in [-0.2, 0) is 16.5 Å². The molecule has 1 aromatic heterocycles. The Kier molecular flexibility index (Phi) is 7.37. The smallest absolute Gasteiger partial charge is 0.416 e. The molecule has 6 nitrogen and oxygen atoms in total. The molecule has 0 spiro atoms. The molecule has 37 heavy (non-hydrogen) atoms. The number of carbonyl (C=O) groups is 1. The largest absolute Gasteiger partial charge is 0.491 e. The van der Waals surface area contributed by atoms with Gasteiger partial charge in [0.05, 0.1) is 28.9 Å². The molecular formula is C28H33F3N4O2. The number of aromatic nitrogens is 2. The van der Waals surface area contributed by atoms with Crippen LogP contribution in [0.1, 0.15) is 69.8 Å². The number of rotatable bonds is 6. The van der Waals surface area contributed by atoms with Gasteiger partial charge in [0.15, 0.2) is 0 Å². The Morgan fingerprint density at radius 1 is 1.11 bits per heavy atom. The van der Waals surface area contributed by atoms with Crippen LogP contribution in [0.3, 0.4) is 0 Å². The summed E-state index contributed by atoms with van der Waals surface area (Å²) in [7, 11) is 0. The van der Waals surface area contributed by atoms with Gasteiger partial charge in [-0.15, -0.1) is 0 Å². The topological polar surface area (TPSA) is 68.2 Å². The fourth-order valence-corrected chi connectivity index (χ4v) is 4.56. The molecule has 0 aliphatic carbocycles. The first kappa shape index (κ1) is 26.7. The summed E-state index contributed by atoms with van der Waals surface area (Å²) >= 11 is 0. The van der Waals surface area contributed by atoms with Gasteiger partial charge in [-0.3, -0.25) is 14.8 Å². The fourth-order valence-electron chi connectivity index (χ4n) is 4.56. The van der Waals surface area contributed by atoms with Gasteiger partial charge < -0.3 is 10.1 Å². The van der Waals surface area contributed by atoms with E-state index in [9.17, 15) is 18.0 Å². The maximum Gasteiger partial charge on any atom is 0.416 e. The molecule has 9 heteroatoms. The zero-order chi connectivity index (χ0) is 27.0. The molecule has 1 unspecified atom stereocenters. The summed E-state index contributed by atoms with van der Waals surface area (Å²) in [5.41, 5.74) is 0.803. The van der Waals surface area contributed by atoms with Gasteiger partial charge in [0.25, 0.3) is 0 Å². The molecule has 1 saturated heterocycles. The summed E-state index contributed by atoms with van der Waals surface area (Å²) in [5.74, 6) is 0.0782. The Hall–Kier alpha value is -3.33. The van der Waals surface area contributed by atoms with Gasteiger partial charge in [0.2, 0.25) is 5.91 Å². The van der Waals surface area contributed by atoms with E-state index in [1.807, 2.05) is 57.6 Å². The minimum absolute atomic E-state index is 0.00988. The van der Waals surface area contributed by atoms with E-state index >= 15 is 0 Å². The highest BCUT2D eigenvalue weighted by Crippen LogP contribution is 2.41. The van der Waals surface area contributed by atoms with Gasteiger partial charge in [-0.1, -0.05) is 18.2 Å². The molecule has 0 bridgehead atoms. The molecule has 0 saturated carbocycles. The standard InChI is InChI=1S/C28H33F3N4O2/c1-17(2)37-21-11-7-10-20(15-21)32-26(36)24-16-22(23-12-13-35(34-23)27(3,4)5)25(33-24)18-8-6-9-19(14-18)28(29,30)31/h6-15,17,22,24-25,33H,16H2,1-5H3,(H,32,36)/t22?,24-,25-/m0/s1. The summed E-state index contributed by atoms with van der Waals surface area (Å²) in [6, 6.07) is 13.1. The summed E-state index contributed by atoms with van der Waals surface area (Å²) in [6.45, 7) is 9.91. The fraction of sp³-hybridized carbons (Fsp3) is 0.429. The van der Waals surface area contributed by atoms with Crippen molar-refractivity contribution in [3.05, 3.63) is 77.6 Å². The van der Waals surface area contributed by atoms with Crippen molar-refractivity contribution in [1.29, 1.82) is 0 Å². The van der Waals surface area contributed by atoms with Crippen molar-refractivity contribution in [2.45, 2.75) is 76.9 Å². The Bertz CT molecular complexity index is 1250. The number of alkyl halides is 3. The molecular weight excluding hydrogens is 481 g/mol. The number of nitrogens with one attached hydrogen (secondary N) is 2. The number of ether oxygens (including phenoxy) is 1. The van der Waals surface area contributed by atoms with E-state index in [0.717, 1.165) is 17.8 Å². The van der Waals surface area contributed by atoms with Crippen LogP contribution in [0.4, 0.5) is 18.9 Å². The lowest BCUT2D eigenvalue weighted by Crippen LogP contribution is -2.36. The Morgan fingerprint density at radius 2 is 1.84 bits per heavy atom. The molecule has 4 rings (SSSR count). The van der Waals surface area contributed by atoms with Crippen molar-refractivity contribution in [2.24, 2.45) is 0 Å². The van der Waals surface area contributed by atoms with Crippen LogP contribution in [0.2, 0.25) is 0 Å². The molecule has 2 aromatic carbocycles. The zero-order valence-corrected chi connectivity index (χ0v) is 21.6. The molecule has 1 fully saturated rings. The molecule has 3 atom stereocenters. The molecule has 1 aliphatic rings. The monoisotopic (exact) mass is 514 g/mol. The van der Waals surface area contributed by atoms with Gasteiger partial charge in [0.1, 0.15) is 5.75 Å². The van der Waals surface area contributed by atoms with E-state index < -0.39 is 23.8 Å². The van der Waals surface area contributed by atoms with Crippen LogP contribution in [0, 0.1) is 0 Å². The van der Waals surface area contributed by atoms with E-state index in [1.165, 1.54) is 6.07 Å². The summed E-state index contributed by atoms with van der Waals surface area (Å²) in [4.78, 5) is 13.3. The minimum Gasteiger partial charge on any atom is -0.491 e. The van der Waals surface area contributed by atoms with Crippen LogP contribution in [-0.4, -0.2) is 27.8 Å². The van der Waals surface area contributed by atoms with Crippen LogP contribution in [0.25, 0.3) is 0 Å². The Balaban J connectivity index is 1.62. The third kappa shape index (κ3) is 6.33. The number of hydrogen-bond donors (Lipinski definition) is 2. The first-order valence-electron chi connectivity index (χ1n) is 12.4. The van der Waals surface area contributed by atoms with Crippen molar-refractivity contribution in [2.75, 3.05) is 5.32 Å². The number of carbonyl (C=O) groups excluding carboxylic acids is 1. The number of benzene rings is 2. The molecule has 1 aliphatic heterocycles. The second-order valence-corrected chi connectivity index (χ2v) is 10.7. The second-order valence-electron chi connectivity index (χ2n) is 10.7. The van der Waals surface area contributed by atoms with Crippen LogP contribution < -0.4 is 15.4 Å². The number of amides is 1. The van der Waals surface area contributed by atoms with E-state index in [1.54, 1.807) is 24.3 Å². The average molecular weight is 515 g/mol. The minimum atomic E-state index is -4.46. The quantitative estimate of drug-likeness (QED) is 0.407. The number of nitrogens with zero attached hydrogens (tertiary/aromatic N) is 2. The van der Waals surface area contributed by atoms with E-state index in [0.29, 0.717) is 23.4 Å². The van der Waals surface area contributed by atoms with Gasteiger partial charge in [-0.05, 0) is 76.9 Å². The number of halogens is 3. The lowest BCUT2D eigenvalue weighted by Gasteiger charge is -2.21. The predicted octanol–water partition coefficient (Wildman–Crippen LogP) is 6.27. The van der Waals surface area contributed by atoms with Crippen molar-refractivity contribution < 1.29 is 22.7 Å². The normalized spacial score (nSPS) is 20.3. The maximum absolute atomic E-state index is 13.5. The highest BCUT2D eigenvalue weighted by Gasteiger charge is 2.41. The van der Waals surface area contributed by atoms with Gasteiger partial charge >= 0.3 is 6.18 Å². The first-order valence-corrected chi connectivity index (χ1v) is 12.4. The molecule has 2 heterocycles. The molecule has 2 N–H and O–H groups in total. The van der Waals surface area contributed by atoms with Gasteiger partial charge in [-0.25, -0.2) is 0 Å². The maximum atomic E-state index is 13.5. The lowest BCUT2D eigenvalue weighted by atomic mass is 9.90. The second kappa shape index (κ2) is 10.2. The summed E-state index contributed by atoms with van der Waals surface area (Å²) in [5, 5.41) is 10.9. The highest BCUT2D eigenvalue weighted by molar-refractivity contribution is 5.95. The van der Waals surface area contributed by atoms with Crippen LogP contribution >= 0.6 is 0 Å². The number of anilines is 1. The molecule has 0 radical (unpaired) electrons. The lowest BCUT2D eigenvalue weighted by molar-refractivity contribution is -0.137. The van der Waals surface area contributed by atoms with Crippen molar-refractivity contribution in [3.8, 4) is 5.75 Å². The molecule has 3 aromatic rings. The van der Waals surface area contributed by atoms with E-state index in [2.05, 4.69) is 10.6 Å². The predicted molar refractivity (Wildman–Crippen MR) is 137 cm³/mol. The van der Waals surface area contributed by atoms with Crippen LogP contribution in [0.5, 0.6) is 5.75 Å². The van der Waals surface area contributed by atoms with Crippen molar-refractivity contribution in [1.82, 2.24) is 15.1 Å². The van der Waals surface area contributed by atoms with Crippen LogP contribution in [0.15, 0.2) is 60.8 Å². The van der Waals surface area contributed by atoms with E-state index in [4.69, 9.17) is 9.84 Å². The first-order chi connectivity index (χ1) is 17.3. The number of hydrogen-bond acceptors (Lipinski definition) is 4. The highest BCUT2D eigenvalue weighted by atomic mass is 19.4. The SMILES string of the molecule is CC(C)Oc1cccc(NC(=O)[C@@H]2CC(c3ccn(C(C)(C)C)n3)[C@H](c3cccc(C(F)(F)F)c3)N2)c1. The van der Waals surface area contributed by atoms with E-state index in [-0.39, 0.29) is 23.5 Å². The molecule has 198 valence electrons. The summed E-state index contributed by atoms with van der Waals surface area (Å²) < 4.78 is 47.9.